The van der Waals surface area contributed by atoms with Crippen LogP contribution in [0.5, 0.6) is 0 Å². The Kier molecular flexibility index (Phi) is 4.83. The average molecular weight is 432 g/mol. The highest BCUT2D eigenvalue weighted by Gasteiger charge is 2.41. The molecule has 1 aliphatic heterocycles. The van der Waals surface area contributed by atoms with Gasteiger partial charge in [0.25, 0.3) is 5.91 Å². The molecule has 1 saturated heterocycles. The lowest BCUT2D eigenvalue weighted by atomic mass is 10.2. The third kappa shape index (κ3) is 3.66. The topological polar surface area (TPSA) is 83.4 Å². The standard InChI is InChI=1S/C20H19F3N6O2/c1-11-8-13(20(21,22)23)9-16(25-11)29-14(10-24-19(29)31)18(30)28(3)15-5-4-12-6-7-27(2)17(12)26-15/h4-9,14H,10H2,1-3H3,(H,24,31). The summed E-state index contributed by atoms with van der Waals surface area (Å²) >= 11 is 0. The number of pyridine rings is 2. The Labute approximate surface area is 175 Å². The summed E-state index contributed by atoms with van der Waals surface area (Å²) in [5.74, 6) is -0.386. The summed E-state index contributed by atoms with van der Waals surface area (Å²) in [5.41, 5.74) is -0.185. The number of urea groups is 1. The summed E-state index contributed by atoms with van der Waals surface area (Å²) in [6.07, 6.45) is -2.77. The van der Waals surface area contributed by atoms with Gasteiger partial charge in [0.1, 0.15) is 23.3 Å². The number of amides is 3. The van der Waals surface area contributed by atoms with Gasteiger partial charge in [0.15, 0.2) is 0 Å². The predicted octanol–water partition coefficient (Wildman–Crippen LogP) is 2.86. The molecular formula is C20H19F3N6O2. The average Bonchev–Trinajstić information content (AvgIpc) is 3.28. The summed E-state index contributed by atoms with van der Waals surface area (Å²) in [6.45, 7) is 1.33. The summed E-state index contributed by atoms with van der Waals surface area (Å²) in [6, 6.07) is 5.27. The molecule has 4 heterocycles. The van der Waals surface area contributed by atoms with Crippen LogP contribution >= 0.6 is 0 Å². The van der Waals surface area contributed by atoms with E-state index in [0.717, 1.165) is 22.4 Å². The van der Waals surface area contributed by atoms with Crippen molar-refractivity contribution in [1.82, 2.24) is 19.9 Å². The lowest BCUT2D eigenvalue weighted by molar-refractivity contribution is -0.137. The maximum Gasteiger partial charge on any atom is 0.416 e. The second-order valence-corrected chi connectivity index (χ2v) is 7.33. The number of fused-ring (bicyclic) bond motifs is 1. The zero-order valence-electron chi connectivity index (χ0n) is 16.9. The number of likely N-dealkylation sites (N-methyl/N-ethyl adjacent to an activating group) is 1. The molecule has 1 aliphatic rings. The largest absolute Gasteiger partial charge is 0.416 e. The van der Waals surface area contributed by atoms with Crippen LogP contribution in [0.4, 0.5) is 29.6 Å². The third-order valence-corrected chi connectivity index (χ3v) is 5.15. The first-order valence-electron chi connectivity index (χ1n) is 9.39. The number of carbonyl (C=O) groups excluding carboxylic acids is 2. The van der Waals surface area contributed by atoms with Crippen molar-refractivity contribution in [3.63, 3.8) is 0 Å². The molecule has 1 fully saturated rings. The van der Waals surface area contributed by atoms with Crippen LogP contribution in [-0.2, 0) is 18.0 Å². The van der Waals surface area contributed by atoms with E-state index in [9.17, 15) is 22.8 Å². The van der Waals surface area contributed by atoms with Gasteiger partial charge in [-0.2, -0.15) is 13.2 Å². The Hall–Kier alpha value is -3.63. The van der Waals surface area contributed by atoms with Crippen LogP contribution in [0.2, 0.25) is 0 Å². The molecule has 31 heavy (non-hydrogen) atoms. The van der Waals surface area contributed by atoms with E-state index in [1.165, 1.54) is 18.9 Å². The van der Waals surface area contributed by atoms with Crippen molar-refractivity contribution in [2.45, 2.75) is 19.1 Å². The maximum atomic E-state index is 13.2. The third-order valence-electron chi connectivity index (χ3n) is 5.15. The van der Waals surface area contributed by atoms with Crippen LogP contribution in [0.15, 0.2) is 36.5 Å². The molecule has 1 atom stereocenters. The summed E-state index contributed by atoms with van der Waals surface area (Å²) in [4.78, 5) is 36.4. The van der Waals surface area contributed by atoms with Crippen molar-refractivity contribution in [3.8, 4) is 0 Å². The van der Waals surface area contributed by atoms with E-state index < -0.39 is 29.7 Å². The van der Waals surface area contributed by atoms with Crippen molar-refractivity contribution < 1.29 is 22.8 Å². The smallest absolute Gasteiger partial charge is 0.336 e. The van der Waals surface area contributed by atoms with Crippen LogP contribution in [0, 0.1) is 6.92 Å². The molecule has 0 saturated carbocycles. The van der Waals surface area contributed by atoms with Crippen LogP contribution in [-0.4, -0.2) is 46.1 Å². The minimum atomic E-state index is -4.61. The monoisotopic (exact) mass is 432 g/mol. The van der Waals surface area contributed by atoms with Crippen LogP contribution < -0.4 is 15.1 Å². The second-order valence-electron chi connectivity index (χ2n) is 7.33. The number of halogens is 3. The zero-order valence-corrected chi connectivity index (χ0v) is 16.9. The first-order chi connectivity index (χ1) is 14.6. The molecule has 8 nitrogen and oxygen atoms in total. The summed E-state index contributed by atoms with van der Waals surface area (Å²) in [7, 11) is 3.33. The van der Waals surface area contributed by atoms with Gasteiger partial charge in [-0.05, 0) is 37.3 Å². The SMILES string of the molecule is Cc1cc(C(F)(F)F)cc(N2C(=O)NCC2C(=O)N(C)c2ccc3ccn(C)c3n2)n1. The molecule has 0 spiro atoms. The van der Waals surface area contributed by atoms with E-state index in [4.69, 9.17) is 0 Å². The molecule has 0 aromatic carbocycles. The van der Waals surface area contributed by atoms with E-state index in [2.05, 4.69) is 15.3 Å². The van der Waals surface area contributed by atoms with Crippen LogP contribution in [0.1, 0.15) is 11.3 Å². The van der Waals surface area contributed by atoms with Crippen LogP contribution in [0.3, 0.4) is 0 Å². The quantitative estimate of drug-likeness (QED) is 0.690. The Morgan fingerprint density at radius 3 is 2.68 bits per heavy atom. The van der Waals surface area contributed by atoms with Crippen molar-refractivity contribution in [2.75, 3.05) is 23.4 Å². The van der Waals surface area contributed by atoms with Crippen molar-refractivity contribution in [3.05, 3.63) is 47.8 Å². The fourth-order valence-corrected chi connectivity index (χ4v) is 3.55. The van der Waals surface area contributed by atoms with E-state index in [0.29, 0.717) is 11.5 Å². The highest BCUT2D eigenvalue weighted by atomic mass is 19.4. The summed E-state index contributed by atoms with van der Waals surface area (Å²) < 4.78 is 41.5. The maximum absolute atomic E-state index is 13.2. The number of aromatic nitrogens is 3. The van der Waals surface area contributed by atoms with E-state index in [1.807, 2.05) is 25.4 Å². The normalized spacial score (nSPS) is 16.6. The highest BCUT2D eigenvalue weighted by Crippen LogP contribution is 2.33. The molecule has 0 aliphatic carbocycles. The number of nitrogens with one attached hydrogen (secondary N) is 1. The number of carbonyl (C=O) groups is 2. The van der Waals surface area contributed by atoms with Gasteiger partial charge in [-0.1, -0.05) is 0 Å². The fraction of sp³-hybridized carbons (Fsp3) is 0.300. The number of aryl methyl sites for hydroxylation is 2. The van der Waals surface area contributed by atoms with Gasteiger partial charge in [-0.25, -0.2) is 14.8 Å². The molecule has 0 bridgehead atoms. The van der Waals surface area contributed by atoms with Gasteiger partial charge in [-0.3, -0.25) is 14.6 Å². The molecule has 1 N–H and O–H groups in total. The van der Waals surface area contributed by atoms with Gasteiger partial charge in [0, 0.05) is 37.9 Å². The molecule has 0 radical (unpaired) electrons. The molecule has 4 rings (SSSR count). The molecule has 3 aromatic heterocycles. The molecule has 1 unspecified atom stereocenters. The number of alkyl halides is 3. The summed E-state index contributed by atoms with van der Waals surface area (Å²) in [5, 5.41) is 3.41. The van der Waals surface area contributed by atoms with Gasteiger partial charge in [0.2, 0.25) is 0 Å². The minimum Gasteiger partial charge on any atom is -0.336 e. The Balaban J connectivity index is 1.68. The molecule has 11 heteroatoms. The number of anilines is 2. The Bertz CT molecular complexity index is 1190. The van der Waals surface area contributed by atoms with Crippen LogP contribution in [0.25, 0.3) is 11.0 Å². The van der Waals surface area contributed by atoms with Gasteiger partial charge < -0.3 is 9.88 Å². The van der Waals surface area contributed by atoms with E-state index in [1.54, 1.807) is 10.6 Å². The Morgan fingerprint density at radius 1 is 1.23 bits per heavy atom. The lowest BCUT2D eigenvalue weighted by Crippen LogP contribution is -2.47. The number of rotatable bonds is 3. The molecular weight excluding hydrogens is 413 g/mol. The lowest BCUT2D eigenvalue weighted by Gasteiger charge is -2.26. The van der Waals surface area contributed by atoms with E-state index in [-0.39, 0.29) is 18.1 Å². The first kappa shape index (κ1) is 20.6. The predicted molar refractivity (Wildman–Crippen MR) is 108 cm³/mol. The number of hydrogen-bond donors (Lipinski definition) is 1. The minimum absolute atomic E-state index is 0.0641. The van der Waals surface area contributed by atoms with Crippen molar-refractivity contribution >= 4 is 34.6 Å². The highest BCUT2D eigenvalue weighted by molar-refractivity contribution is 6.07. The molecule has 3 aromatic rings. The number of hydrogen-bond acceptors (Lipinski definition) is 4. The first-order valence-corrected chi connectivity index (χ1v) is 9.39. The molecule has 162 valence electrons. The van der Waals surface area contributed by atoms with Gasteiger partial charge in [-0.15, -0.1) is 0 Å². The second kappa shape index (κ2) is 7.25. The molecule has 3 amide bonds. The van der Waals surface area contributed by atoms with Crippen molar-refractivity contribution in [1.29, 1.82) is 0 Å². The fourth-order valence-electron chi connectivity index (χ4n) is 3.55. The van der Waals surface area contributed by atoms with Crippen molar-refractivity contribution in [2.24, 2.45) is 7.05 Å². The van der Waals surface area contributed by atoms with Gasteiger partial charge >= 0.3 is 12.2 Å². The number of nitrogens with zero attached hydrogens (tertiary/aromatic N) is 5. The Morgan fingerprint density at radius 2 is 1.97 bits per heavy atom. The van der Waals surface area contributed by atoms with Gasteiger partial charge in [0.05, 0.1) is 5.56 Å². The van der Waals surface area contributed by atoms with E-state index >= 15 is 0 Å². The zero-order chi connectivity index (χ0) is 22.5.